The van der Waals surface area contributed by atoms with Gasteiger partial charge in [0.25, 0.3) is 0 Å². The topological polar surface area (TPSA) is 44.9 Å². The van der Waals surface area contributed by atoms with Crippen LogP contribution in [0.1, 0.15) is 46.6 Å². The van der Waals surface area contributed by atoms with Gasteiger partial charge in [-0.1, -0.05) is 31.2 Å². The molecule has 1 aromatic carbocycles. The van der Waals surface area contributed by atoms with Gasteiger partial charge in [0.15, 0.2) is 0 Å². The number of carbonyl (C=O) groups excluding carboxylic acids is 1. The summed E-state index contributed by atoms with van der Waals surface area (Å²) in [5.41, 5.74) is 5.42. The molecule has 0 spiro atoms. The van der Waals surface area contributed by atoms with Crippen molar-refractivity contribution in [1.82, 2.24) is 10.3 Å². The number of H-pyrrole nitrogens is 1. The Morgan fingerprint density at radius 3 is 2.68 bits per heavy atom. The Morgan fingerprint density at radius 1 is 1.21 bits per heavy atom. The minimum atomic E-state index is 0.374. The van der Waals surface area contributed by atoms with Crippen molar-refractivity contribution < 1.29 is 4.79 Å². The second kappa shape index (κ2) is 4.76. The lowest BCUT2D eigenvalue weighted by Gasteiger charge is -2.23. The highest BCUT2D eigenvalue weighted by atomic mass is 16.1. The first kappa shape index (κ1) is 11.8. The number of aldehydes is 1. The fourth-order valence-electron chi connectivity index (χ4n) is 2.56. The summed E-state index contributed by atoms with van der Waals surface area (Å²) >= 11 is 0. The molecule has 96 valence electrons. The second-order valence-corrected chi connectivity index (χ2v) is 4.73. The van der Waals surface area contributed by atoms with Crippen molar-refractivity contribution in [3.8, 4) is 0 Å². The van der Waals surface area contributed by atoms with Crippen molar-refractivity contribution in [3.63, 3.8) is 0 Å². The van der Waals surface area contributed by atoms with Crippen LogP contribution < -0.4 is 5.32 Å². The zero-order valence-corrected chi connectivity index (χ0v) is 10.8. The van der Waals surface area contributed by atoms with Crippen LogP contribution in [0.15, 0.2) is 42.7 Å². The first-order valence-corrected chi connectivity index (χ1v) is 6.53. The molecule has 2 heterocycles. The highest BCUT2D eigenvalue weighted by Gasteiger charge is 2.21. The Hall–Kier alpha value is -2.29. The Morgan fingerprint density at radius 2 is 2.00 bits per heavy atom. The largest absolute Gasteiger partial charge is 0.383 e. The molecule has 1 aliphatic heterocycles. The first-order valence-electron chi connectivity index (χ1n) is 6.53. The standard InChI is InChI=1S/C16H16N2O/c1-2-15-13-7-8-17-16(13)14(9-18-15)12-5-3-11(10-19)4-6-12/h3-10,15,17-18H,2H2,1H3. The predicted molar refractivity (Wildman–Crippen MR) is 75.9 cm³/mol. The lowest BCUT2D eigenvalue weighted by molar-refractivity contribution is 0.112. The van der Waals surface area contributed by atoms with Gasteiger partial charge in [0.1, 0.15) is 6.29 Å². The fourth-order valence-corrected chi connectivity index (χ4v) is 2.56. The van der Waals surface area contributed by atoms with Gasteiger partial charge in [-0.25, -0.2) is 0 Å². The van der Waals surface area contributed by atoms with E-state index < -0.39 is 0 Å². The van der Waals surface area contributed by atoms with Gasteiger partial charge in [-0.3, -0.25) is 4.79 Å². The van der Waals surface area contributed by atoms with Crippen molar-refractivity contribution in [2.75, 3.05) is 0 Å². The molecule has 3 nitrogen and oxygen atoms in total. The van der Waals surface area contributed by atoms with Gasteiger partial charge in [0, 0.05) is 23.5 Å². The predicted octanol–water partition coefficient (Wildman–Crippen LogP) is 3.27. The van der Waals surface area contributed by atoms with Crippen LogP contribution in [0, 0.1) is 0 Å². The third-order valence-electron chi connectivity index (χ3n) is 3.62. The number of aromatic amines is 1. The zero-order valence-electron chi connectivity index (χ0n) is 10.8. The molecule has 3 rings (SSSR count). The molecule has 1 aromatic heterocycles. The number of aromatic nitrogens is 1. The Bertz CT molecular complexity index is 622. The summed E-state index contributed by atoms with van der Waals surface area (Å²) in [6, 6.07) is 10.2. The van der Waals surface area contributed by atoms with Crippen LogP contribution in [0.2, 0.25) is 0 Å². The number of benzene rings is 1. The minimum Gasteiger partial charge on any atom is -0.383 e. The monoisotopic (exact) mass is 252 g/mol. The van der Waals surface area contributed by atoms with E-state index in [9.17, 15) is 4.79 Å². The van der Waals surface area contributed by atoms with Gasteiger partial charge in [-0.05, 0) is 23.6 Å². The third-order valence-corrected chi connectivity index (χ3v) is 3.62. The maximum absolute atomic E-state index is 10.7. The van der Waals surface area contributed by atoms with Crippen molar-refractivity contribution >= 4 is 11.9 Å². The van der Waals surface area contributed by atoms with Crippen LogP contribution in [-0.2, 0) is 0 Å². The number of carbonyl (C=O) groups is 1. The third kappa shape index (κ3) is 1.97. The summed E-state index contributed by atoms with van der Waals surface area (Å²) in [6.07, 6.45) is 5.96. The molecule has 0 saturated carbocycles. The van der Waals surface area contributed by atoms with Crippen LogP contribution in [0.25, 0.3) is 5.57 Å². The van der Waals surface area contributed by atoms with E-state index in [1.807, 2.05) is 30.5 Å². The van der Waals surface area contributed by atoms with Gasteiger partial charge in [-0.15, -0.1) is 0 Å². The summed E-state index contributed by atoms with van der Waals surface area (Å²) in [7, 11) is 0. The molecule has 3 heteroatoms. The van der Waals surface area contributed by atoms with Gasteiger partial charge in [0.2, 0.25) is 0 Å². The van der Waals surface area contributed by atoms with E-state index in [4.69, 9.17) is 0 Å². The van der Waals surface area contributed by atoms with Gasteiger partial charge < -0.3 is 10.3 Å². The highest BCUT2D eigenvalue weighted by molar-refractivity contribution is 5.82. The van der Waals surface area contributed by atoms with Crippen molar-refractivity contribution in [2.24, 2.45) is 0 Å². The quantitative estimate of drug-likeness (QED) is 0.823. The van der Waals surface area contributed by atoms with Gasteiger partial charge >= 0.3 is 0 Å². The molecule has 2 aromatic rings. The Labute approximate surface area is 112 Å². The molecule has 0 saturated heterocycles. The molecule has 1 atom stereocenters. The maximum Gasteiger partial charge on any atom is 0.150 e. The molecule has 1 unspecified atom stereocenters. The smallest absolute Gasteiger partial charge is 0.150 e. The normalized spacial score (nSPS) is 17.3. The van der Waals surface area contributed by atoms with Gasteiger partial charge in [0.05, 0.1) is 11.7 Å². The molecule has 0 aliphatic carbocycles. The molecule has 19 heavy (non-hydrogen) atoms. The number of hydrogen-bond acceptors (Lipinski definition) is 2. The number of fused-ring (bicyclic) bond motifs is 1. The summed E-state index contributed by atoms with van der Waals surface area (Å²) in [5, 5.41) is 3.44. The molecule has 0 amide bonds. The van der Waals surface area contributed by atoms with Crippen LogP contribution in [0.3, 0.4) is 0 Å². The van der Waals surface area contributed by atoms with E-state index in [1.165, 1.54) is 11.3 Å². The summed E-state index contributed by atoms with van der Waals surface area (Å²) in [5.74, 6) is 0. The van der Waals surface area contributed by atoms with Crippen molar-refractivity contribution in [3.05, 3.63) is 65.1 Å². The molecule has 0 fully saturated rings. The molecule has 0 bridgehead atoms. The van der Waals surface area contributed by atoms with Crippen molar-refractivity contribution in [1.29, 1.82) is 0 Å². The summed E-state index contributed by atoms with van der Waals surface area (Å²) in [4.78, 5) is 14.0. The molecule has 1 aliphatic rings. The lowest BCUT2D eigenvalue weighted by Crippen LogP contribution is -2.20. The van der Waals surface area contributed by atoms with E-state index in [1.54, 1.807) is 0 Å². The second-order valence-electron chi connectivity index (χ2n) is 4.73. The first-order chi connectivity index (χ1) is 9.33. The van der Waals surface area contributed by atoms with E-state index in [0.29, 0.717) is 11.6 Å². The molecular weight excluding hydrogens is 236 g/mol. The van der Waals surface area contributed by atoms with Crippen LogP contribution in [0.4, 0.5) is 0 Å². The summed E-state index contributed by atoms with van der Waals surface area (Å²) < 4.78 is 0. The highest BCUT2D eigenvalue weighted by Crippen LogP contribution is 2.33. The van der Waals surface area contributed by atoms with E-state index in [2.05, 4.69) is 29.5 Å². The molecular formula is C16H16N2O. The Kier molecular flexibility index (Phi) is 2.95. The number of rotatable bonds is 3. The van der Waals surface area contributed by atoms with Crippen LogP contribution in [0.5, 0.6) is 0 Å². The average Bonchev–Trinajstić information content (AvgIpc) is 2.96. The van der Waals surface area contributed by atoms with Crippen molar-refractivity contribution in [2.45, 2.75) is 19.4 Å². The maximum atomic E-state index is 10.7. The molecule has 2 N–H and O–H groups in total. The minimum absolute atomic E-state index is 0.374. The van der Waals surface area contributed by atoms with Crippen LogP contribution >= 0.6 is 0 Å². The molecule has 0 radical (unpaired) electrons. The lowest BCUT2D eigenvalue weighted by atomic mass is 9.93. The fraction of sp³-hybridized carbons (Fsp3) is 0.188. The average molecular weight is 252 g/mol. The number of hydrogen-bond donors (Lipinski definition) is 2. The van der Waals surface area contributed by atoms with Crippen LogP contribution in [-0.4, -0.2) is 11.3 Å². The van der Waals surface area contributed by atoms with Gasteiger partial charge in [-0.2, -0.15) is 0 Å². The Balaban J connectivity index is 2.02. The van der Waals surface area contributed by atoms with E-state index in [0.717, 1.165) is 23.8 Å². The van der Waals surface area contributed by atoms with E-state index in [-0.39, 0.29) is 0 Å². The summed E-state index contributed by atoms with van der Waals surface area (Å²) in [6.45, 7) is 2.17. The zero-order chi connectivity index (χ0) is 13.2. The SMILES string of the molecule is CCC1NC=C(c2ccc(C=O)cc2)c2[nH]ccc21. The number of nitrogens with one attached hydrogen (secondary N) is 2. The van der Waals surface area contributed by atoms with E-state index >= 15 is 0 Å².